The van der Waals surface area contributed by atoms with Crippen molar-refractivity contribution >= 4 is 17.6 Å². The highest BCUT2D eigenvalue weighted by molar-refractivity contribution is 5.90. The van der Waals surface area contributed by atoms with Crippen molar-refractivity contribution in [1.82, 2.24) is 20.4 Å². The van der Waals surface area contributed by atoms with Gasteiger partial charge in [-0.3, -0.25) is 14.5 Å². The molecule has 156 valence electrons. The van der Waals surface area contributed by atoms with Gasteiger partial charge in [-0.25, -0.2) is 0 Å². The highest BCUT2D eigenvalue weighted by Crippen LogP contribution is 2.13. The fourth-order valence-corrected chi connectivity index (χ4v) is 3.06. The minimum Gasteiger partial charge on any atom is -0.356 e. The first-order valence-electron chi connectivity index (χ1n) is 9.99. The molecule has 3 rings (SSSR count). The number of benzene rings is 2. The summed E-state index contributed by atoms with van der Waals surface area (Å²) in [5.74, 6) is 1.00. The van der Waals surface area contributed by atoms with E-state index in [0.29, 0.717) is 12.5 Å². The van der Waals surface area contributed by atoms with Gasteiger partial charge in [-0.15, -0.1) is 0 Å². The highest BCUT2D eigenvalue weighted by atomic mass is 16.2. The van der Waals surface area contributed by atoms with Gasteiger partial charge in [0.25, 0.3) is 0 Å². The van der Waals surface area contributed by atoms with Crippen LogP contribution in [0.25, 0.3) is 0 Å². The molecule has 1 atom stereocenters. The first-order chi connectivity index (χ1) is 14.6. The minimum absolute atomic E-state index is 0.115. The molecule has 7 heteroatoms. The van der Waals surface area contributed by atoms with E-state index >= 15 is 0 Å². The third kappa shape index (κ3) is 6.48. The molecule has 3 N–H and O–H groups in total. The molecule has 3 aromatic rings. The number of guanidine groups is 1. The molecule has 0 fully saturated rings. The molecule has 0 aliphatic carbocycles. The smallest absolute Gasteiger partial charge is 0.246 e. The second-order valence-electron chi connectivity index (χ2n) is 7.07. The summed E-state index contributed by atoms with van der Waals surface area (Å²) < 4.78 is 1.59. The molecule has 0 spiro atoms. The number of carbonyl (C=O) groups excluding carboxylic acids is 1. The van der Waals surface area contributed by atoms with Crippen LogP contribution in [0.3, 0.4) is 0 Å². The maximum Gasteiger partial charge on any atom is 0.246 e. The lowest BCUT2D eigenvalue weighted by molar-refractivity contribution is -0.116. The lowest BCUT2D eigenvalue weighted by atomic mass is 10.0. The van der Waals surface area contributed by atoms with Crippen molar-refractivity contribution in [3.8, 4) is 0 Å². The molecule has 0 saturated heterocycles. The van der Waals surface area contributed by atoms with Crippen LogP contribution in [-0.4, -0.2) is 35.2 Å². The number of aromatic nitrogens is 2. The molecule has 0 radical (unpaired) electrons. The van der Waals surface area contributed by atoms with E-state index in [0.717, 1.165) is 23.8 Å². The Balaban J connectivity index is 1.48. The van der Waals surface area contributed by atoms with E-state index < -0.39 is 0 Å². The van der Waals surface area contributed by atoms with Crippen molar-refractivity contribution < 1.29 is 4.79 Å². The Bertz CT molecular complexity index is 953. The van der Waals surface area contributed by atoms with Crippen molar-refractivity contribution in [3.63, 3.8) is 0 Å². The minimum atomic E-state index is -0.115. The van der Waals surface area contributed by atoms with Gasteiger partial charge >= 0.3 is 0 Å². The van der Waals surface area contributed by atoms with E-state index in [2.05, 4.69) is 57.2 Å². The van der Waals surface area contributed by atoms with Crippen molar-refractivity contribution in [2.24, 2.45) is 4.99 Å². The fourth-order valence-electron chi connectivity index (χ4n) is 3.06. The van der Waals surface area contributed by atoms with Crippen LogP contribution in [0.15, 0.2) is 78.0 Å². The molecule has 1 heterocycles. The van der Waals surface area contributed by atoms with Gasteiger partial charge in [0.05, 0.1) is 0 Å². The highest BCUT2D eigenvalue weighted by Gasteiger charge is 2.07. The molecule has 0 saturated carbocycles. The van der Waals surface area contributed by atoms with Crippen molar-refractivity contribution in [2.75, 3.05) is 18.9 Å². The third-order valence-electron chi connectivity index (χ3n) is 4.70. The van der Waals surface area contributed by atoms with Crippen molar-refractivity contribution in [2.45, 2.75) is 25.9 Å². The summed E-state index contributed by atoms with van der Waals surface area (Å²) in [5, 5.41) is 13.6. The molecule has 0 bridgehead atoms. The Morgan fingerprint density at radius 3 is 2.67 bits per heavy atom. The standard InChI is InChI=1S/C23H28N6O/c1-18(20-9-4-3-5-10-20)15-25-23(24-2)26-16-19-8-6-11-21(14-19)28-22(30)17-29-13-7-12-27-29/h3-14,18H,15-17H2,1-2H3,(H,28,30)(H2,24,25,26). The Labute approximate surface area is 177 Å². The quantitative estimate of drug-likeness (QED) is 0.398. The zero-order valence-corrected chi connectivity index (χ0v) is 17.4. The predicted molar refractivity (Wildman–Crippen MR) is 120 cm³/mol. The molecule has 0 aliphatic heterocycles. The molecule has 2 aromatic carbocycles. The van der Waals surface area contributed by atoms with Gasteiger partial charge < -0.3 is 16.0 Å². The molecular weight excluding hydrogens is 376 g/mol. The lowest BCUT2D eigenvalue weighted by Gasteiger charge is -2.16. The number of carbonyl (C=O) groups is 1. The summed E-state index contributed by atoms with van der Waals surface area (Å²) in [6.45, 7) is 3.76. The normalized spacial score (nSPS) is 12.3. The van der Waals surface area contributed by atoms with Gasteiger partial charge in [0.15, 0.2) is 5.96 Å². The second kappa shape index (κ2) is 10.8. The van der Waals surface area contributed by atoms with Crippen LogP contribution in [0.1, 0.15) is 24.0 Å². The van der Waals surface area contributed by atoms with E-state index in [1.807, 2.05) is 30.3 Å². The average molecular weight is 405 g/mol. The fraction of sp³-hybridized carbons (Fsp3) is 0.261. The summed E-state index contributed by atoms with van der Waals surface area (Å²) >= 11 is 0. The molecule has 7 nitrogen and oxygen atoms in total. The van der Waals surface area contributed by atoms with Crippen LogP contribution >= 0.6 is 0 Å². The number of nitrogens with one attached hydrogen (secondary N) is 3. The summed E-state index contributed by atoms with van der Waals surface area (Å²) in [7, 11) is 1.76. The van der Waals surface area contributed by atoms with Gasteiger partial charge in [-0.2, -0.15) is 5.10 Å². The van der Waals surface area contributed by atoms with E-state index in [-0.39, 0.29) is 12.5 Å². The van der Waals surface area contributed by atoms with Gasteiger partial charge in [0.1, 0.15) is 6.54 Å². The molecule has 1 amide bonds. The number of anilines is 1. The summed E-state index contributed by atoms with van der Waals surface area (Å²) in [6.07, 6.45) is 3.41. The van der Waals surface area contributed by atoms with E-state index in [9.17, 15) is 4.79 Å². The van der Waals surface area contributed by atoms with Crippen LogP contribution < -0.4 is 16.0 Å². The molecule has 1 unspecified atom stereocenters. The van der Waals surface area contributed by atoms with Gasteiger partial charge in [-0.1, -0.05) is 49.4 Å². The van der Waals surface area contributed by atoms with Crippen LogP contribution in [0.5, 0.6) is 0 Å². The number of nitrogens with zero attached hydrogens (tertiary/aromatic N) is 3. The second-order valence-corrected chi connectivity index (χ2v) is 7.07. The van der Waals surface area contributed by atoms with Crippen LogP contribution in [0.4, 0.5) is 5.69 Å². The average Bonchev–Trinajstić information content (AvgIpc) is 3.27. The maximum atomic E-state index is 12.2. The van der Waals surface area contributed by atoms with Crippen molar-refractivity contribution in [1.29, 1.82) is 0 Å². The Morgan fingerprint density at radius 2 is 1.93 bits per heavy atom. The summed E-state index contributed by atoms with van der Waals surface area (Å²) in [5.41, 5.74) is 3.09. The van der Waals surface area contributed by atoms with Crippen LogP contribution in [0, 0.1) is 0 Å². The third-order valence-corrected chi connectivity index (χ3v) is 4.70. The molecule has 1 aromatic heterocycles. The van der Waals surface area contributed by atoms with E-state index in [4.69, 9.17) is 0 Å². The molecule has 30 heavy (non-hydrogen) atoms. The monoisotopic (exact) mass is 404 g/mol. The molecule has 0 aliphatic rings. The van der Waals surface area contributed by atoms with Crippen LogP contribution in [0.2, 0.25) is 0 Å². The number of amides is 1. The topological polar surface area (TPSA) is 83.3 Å². The summed E-state index contributed by atoms with van der Waals surface area (Å²) in [6, 6.07) is 20.0. The van der Waals surface area contributed by atoms with Gasteiger partial charge in [0.2, 0.25) is 5.91 Å². The van der Waals surface area contributed by atoms with Gasteiger partial charge in [-0.05, 0) is 35.2 Å². The lowest BCUT2D eigenvalue weighted by Crippen LogP contribution is -2.38. The van der Waals surface area contributed by atoms with Crippen LogP contribution in [-0.2, 0) is 17.9 Å². The first kappa shape index (κ1) is 21.1. The largest absolute Gasteiger partial charge is 0.356 e. The number of rotatable bonds is 8. The number of aliphatic imine (C=N–C) groups is 1. The zero-order valence-electron chi connectivity index (χ0n) is 17.4. The Morgan fingerprint density at radius 1 is 1.10 bits per heavy atom. The van der Waals surface area contributed by atoms with E-state index in [1.165, 1.54) is 5.56 Å². The Hall–Kier alpha value is -3.61. The van der Waals surface area contributed by atoms with Crippen molar-refractivity contribution in [3.05, 3.63) is 84.2 Å². The van der Waals surface area contributed by atoms with E-state index in [1.54, 1.807) is 30.2 Å². The first-order valence-corrected chi connectivity index (χ1v) is 9.99. The maximum absolute atomic E-state index is 12.2. The number of hydrogen-bond acceptors (Lipinski definition) is 3. The molecular formula is C23H28N6O. The summed E-state index contributed by atoms with van der Waals surface area (Å²) in [4.78, 5) is 16.4. The Kier molecular flexibility index (Phi) is 7.60. The predicted octanol–water partition coefficient (Wildman–Crippen LogP) is 2.99. The zero-order chi connectivity index (χ0) is 21.2. The SMILES string of the molecule is CN=C(NCc1cccc(NC(=O)Cn2cccn2)c1)NCC(C)c1ccccc1. The number of hydrogen-bond donors (Lipinski definition) is 3. The van der Waals surface area contributed by atoms with Gasteiger partial charge in [0, 0.05) is 38.2 Å².